The van der Waals surface area contributed by atoms with Crippen LogP contribution in [0.4, 0.5) is 10.2 Å². The molecule has 0 amide bonds. The van der Waals surface area contributed by atoms with Crippen molar-refractivity contribution in [3.8, 4) is 0 Å². The summed E-state index contributed by atoms with van der Waals surface area (Å²) in [6, 6.07) is 7.12. The number of benzene rings is 1. The molecule has 26 heavy (non-hydrogen) atoms. The van der Waals surface area contributed by atoms with Crippen LogP contribution in [0.3, 0.4) is 0 Å². The summed E-state index contributed by atoms with van der Waals surface area (Å²) in [6.45, 7) is 5.92. The molecule has 1 aromatic carbocycles. The number of pyridine rings is 1. The summed E-state index contributed by atoms with van der Waals surface area (Å²) in [5, 5.41) is 0. The van der Waals surface area contributed by atoms with Gasteiger partial charge in [0.1, 0.15) is 11.6 Å². The highest BCUT2D eigenvalue weighted by atomic mass is 32.2. The largest absolute Gasteiger partial charge is 0.356 e. The van der Waals surface area contributed by atoms with Crippen LogP contribution in [-0.2, 0) is 23.3 Å². The Bertz CT molecular complexity index is 804. The highest BCUT2D eigenvalue weighted by Gasteiger charge is 2.24. The molecule has 1 aromatic heterocycles. The van der Waals surface area contributed by atoms with Gasteiger partial charge in [-0.05, 0) is 60.4 Å². The topological polar surface area (TPSA) is 53.4 Å². The van der Waals surface area contributed by atoms with Gasteiger partial charge in [0.2, 0.25) is 0 Å². The monoisotopic (exact) mass is 376 g/mol. The SMILES string of the molecule is CCc1cnc(N2CCC(c3ccc(CS(=O)O)cc3F)CC2)c(C)c1. The van der Waals surface area contributed by atoms with Gasteiger partial charge in [-0.1, -0.05) is 25.1 Å². The van der Waals surface area contributed by atoms with Crippen molar-refractivity contribution in [1.82, 2.24) is 4.98 Å². The molecule has 1 atom stereocenters. The molecule has 0 saturated carbocycles. The molecule has 0 radical (unpaired) electrons. The zero-order chi connectivity index (χ0) is 18.7. The fraction of sp³-hybridized carbons (Fsp3) is 0.450. The van der Waals surface area contributed by atoms with Gasteiger partial charge in [-0.15, -0.1) is 0 Å². The summed E-state index contributed by atoms with van der Waals surface area (Å²) in [7, 11) is 0. The second-order valence-electron chi connectivity index (χ2n) is 6.92. The molecule has 1 N–H and O–H groups in total. The van der Waals surface area contributed by atoms with E-state index in [2.05, 4.69) is 29.8 Å². The molecular weight excluding hydrogens is 351 g/mol. The Morgan fingerprint density at radius 1 is 1.27 bits per heavy atom. The van der Waals surface area contributed by atoms with Crippen LogP contribution in [0.15, 0.2) is 30.5 Å². The highest BCUT2D eigenvalue weighted by molar-refractivity contribution is 7.78. The van der Waals surface area contributed by atoms with E-state index in [1.165, 1.54) is 17.2 Å². The number of rotatable bonds is 5. The van der Waals surface area contributed by atoms with E-state index in [1.807, 2.05) is 6.20 Å². The van der Waals surface area contributed by atoms with E-state index in [4.69, 9.17) is 4.55 Å². The fourth-order valence-electron chi connectivity index (χ4n) is 3.69. The molecule has 0 spiro atoms. The number of aromatic nitrogens is 1. The third-order valence-corrected chi connectivity index (χ3v) is 5.69. The summed E-state index contributed by atoms with van der Waals surface area (Å²) in [5.74, 6) is 0.902. The molecule has 0 bridgehead atoms. The number of hydrogen-bond acceptors (Lipinski definition) is 3. The minimum Gasteiger partial charge on any atom is -0.356 e. The Hall–Kier alpha value is -1.79. The van der Waals surface area contributed by atoms with Gasteiger partial charge in [0, 0.05) is 19.3 Å². The lowest BCUT2D eigenvalue weighted by atomic mass is 9.88. The van der Waals surface area contributed by atoms with Crippen LogP contribution in [0, 0.1) is 12.7 Å². The first-order valence-corrected chi connectivity index (χ1v) is 10.3. The van der Waals surface area contributed by atoms with Crippen LogP contribution in [0.1, 0.15) is 47.9 Å². The third-order valence-electron chi connectivity index (χ3n) is 5.10. The zero-order valence-corrected chi connectivity index (χ0v) is 16.1. The van der Waals surface area contributed by atoms with Crippen LogP contribution in [0.5, 0.6) is 0 Å². The summed E-state index contributed by atoms with van der Waals surface area (Å²) < 4.78 is 34.3. The van der Waals surface area contributed by atoms with E-state index in [-0.39, 0.29) is 17.5 Å². The normalized spacial score (nSPS) is 16.7. The van der Waals surface area contributed by atoms with E-state index in [1.54, 1.807) is 12.1 Å². The molecule has 1 fully saturated rings. The first kappa shape index (κ1) is 19.0. The smallest absolute Gasteiger partial charge is 0.157 e. The number of nitrogens with zero attached hydrogens (tertiary/aromatic N) is 2. The van der Waals surface area contributed by atoms with Crippen LogP contribution >= 0.6 is 0 Å². The lowest BCUT2D eigenvalue weighted by Gasteiger charge is -2.34. The zero-order valence-electron chi connectivity index (χ0n) is 15.2. The molecule has 3 rings (SSSR count). The average Bonchev–Trinajstić information content (AvgIpc) is 2.61. The Balaban J connectivity index is 1.68. The van der Waals surface area contributed by atoms with Gasteiger partial charge in [-0.2, -0.15) is 0 Å². The van der Waals surface area contributed by atoms with Crippen molar-refractivity contribution < 1.29 is 13.2 Å². The molecule has 4 nitrogen and oxygen atoms in total. The quantitative estimate of drug-likeness (QED) is 0.795. The predicted octanol–water partition coefficient (Wildman–Crippen LogP) is 4.20. The van der Waals surface area contributed by atoms with Gasteiger partial charge >= 0.3 is 0 Å². The van der Waals surface area contributed by atoms with E-state index >= 15 is 0 Å². The van der Waals surface area contributed by atoms with Crippen LogP contribution in [-0.4, -0.2) is 26.8 Å². The Morgan fingerprint density at radius 3 is 2.58 bits per heavy atom. The van der Waals surface area contributed by atoms with E-state index in [9.17, 15) is 8.60 Å². The Labute approximate surface area is 156 Å². The molecule has 1 aliphatic rings. The third kappa shape index (κ3) is 4.30. The summed E-state index contributed by atoms with van der Waals surface area (Å²) in [4.78, 5) is 6.91. The predicted molar refractivity (Wildman–Crippen MR) is 103 cm³/mol. The highest BCUT2D eigenvalue weighted by Crippen LogP contribution is 2.32. The van der Waals surface area contributed by atoms with Gasteiger partial charge in [0.05, 0.1) is 5.75 Å². The molecule has 1 saturated heterocycles. The molecule has 1 aliphatic heterocycles. The molecule has 140 valence electrons. The molecule has 1 unspecified atom stereocenters. The summed E-state index contributed by atoms with van der Waals surface area (Å²) in [5.41, 5.74) is 3.70. The first-order valence-electron chi connectivity index (χ1n) is 9.04. The number of hydrogen-bond donors (Lipinski definition) is 1. The van der Waals surface area contributed by atoms with Gasteiger partial charge < -0.3 is 9.45 Å². The lowest BCUT2D eigenvalue weighted by molar-refractivity contribution is 0.479. The van der Waals surface area contributed by atoms with E-state index in [0.29, 0.717) is 11.1 Å². The van der Waals surface area contributed by atoms with E-state index < -0.39 is 11.1 Å². The van der Waals surface area contributed by atoms with E-state index in [0.717, 1.165) is 38.2 Å². The van der Waals surface area contributed by atoms with Crippen molar-refractivity contribution in [3.63, 3.8) is 0 Å². The van der Waals surface area contributed by atoms with Crippen molar-refractivity contribution in [1.29, 1.82) is 0 Å². The second-order valence-corrected chi connectivity index (χ2v) is 7.85. The molecule has 2 heterocycles. The average molecular weight is 376 g/mol. The van der Waals surface area contributed by atoms with Gasteiger partial charge in [-0.3, -0.25) is 0 Å². The number of piperidine rings is 1. The van der Waals surface area contributed by atoms with Crippen molar-refractivity contribution in [2.24, 2.45) is 0 Å². The lowest BCUT2D eigenvalue weighted by Crippen LogP contribution is -2.34. The Kier molecular flexibility index (Phi) is 6.04. The molecule has 6 heteroatoms. The maximum atomic E-state index is 14.4. The number of halogens is 1. The number of anilines is 1. The first-order chi connectivity index (χ1) is 12.5. The van der Waals surface area contributed by atoms with Crippen LogP contribution in [0.25, 0.3) is 0 Å². The van der Waals surface area contributed by atoms with Crippen molar-refractivity contribution in [2.75, 3.05) is 18.0 Å². The molecule has 0 aliphatic carbocycles. The molecule has 2 aromatic rings. The van der Waals surface area contributed by atoms with Crippen molar-refractivity contribution in [3.05, 3.63) is 58.5 Å². The second kappa shape index (κ2) is 8.27. The molecular formula is C20H25FN2O2S. The van der Waals surface area contributed by atoms with Crippen LogP contribution < -0.4 is 4.90 Å². The van der Waals surface area contributed by atoms with Crippen molar-refractivity contribution in [2.45, 2.75) is 44.8 Å². The van der Waals surface area contributed by atoms with Gasteiger partial charge in [0.25, 0.3) is 0 Å². The standard InChI is InChI=1S/C20H25FN2O2S/c1-3-15-10-14(2)20(22-12-15)23-8-6-17(7-9-23)18-5-4-16(11-19(18)21)13-26(24)25/h4-5,10-12,17H,3,6-9,13H2,1-2H3,(H,24,25). The van der Waals surface area contributed by atoms with Crippen molar-refractivity contribution >= 4 is 16.9 Å². The maximum Gasteiger partial charge on any atom is 0.157 e. The fourth-order valence-corrected chi connectivity index (χ4v) is 4.15. The van der Waals surface area contributed by atoms with Gasteiger partial charge in [0.15, 0.2) is 11.1 Å². The Morgan fingerprint density at radius 2 is 2.00 bits per heavy atom. The van der Waals surface area contributed by atoms with Gasteiger partial charge in [-0.25, -0.2) is 13.6 Å². The summed E-state index contributed by atoms with van der Waals surface area (Å²) >= 11 is -1.95. The minimum absolute atomic E-state index is 0.0334. The number of aryl methyl sites for hydroxylation is 2. The summed E-state index contributed by atoms with van der Waals surface area (Å²) in [6.07, 6.45) is 4.67. The van der Waals surface area contributed by atoms with Crippen LogP contribution in [0.2, 0.25) is 0 Å². The maximum absolute atomic E-state index is 14.4. The minimum atomic E-state index is -1.95.